The Balaban J connectivity index is 5.23. The van der Waals surface area contributed by atoms with Gasteiger partial charge in [-0.1, -0.05) is 357 Å². The van der Waals surface area contributed by atoms with Gasteiger partial charge in [-0.25, -0.2) is 9.13 Å². The topological polar surface area (TPSA) is 237 Å². The first-order chi connectivity index (χ1) is 47.2. The number of aliphatic hydroxyl groups is 1. The fourth-order valence-electron chi connectivity index (χ4n) is 12.1. The van der Waals surface area contributed by atoms with Crippen molar-refractivity contribution in [3.8, 4) is 0 Å². The Morgan fingerprint density at radius 1 is 0.276 bits per heavy atom. The lowest BCUT2D eigenvalue weighted by Gasteiger charge is -2.21. The van der Waals surface area contributed by atoms with Crippen LogP contribution in [-0.2, 0) is 65.4 Å². The summed E-state index contributed by atoms with van der Waals surface area (Å²) in [7, 11) is -9.92. The van der Waals surface area contributed by atoms with Crippen molar-refractivity contribution in [1.82, 2.24) is 0 Å². The highest BCUT2D eigenvalue weighted by atomic mass is 31.2. The van der Waals surface area contributed by atoms with Gasteiger partial charge < -0.3 is 33.8 Å². The first-order valence-corrected chi connectivity index (χ1v) is 43.8. The summed E-state index contributed by atoms with van der Waals surface area (Å²) in [6.07, 6.45) is 57.0. The molecule has 19 heteroatoms. The minimum atomic E-state index is -4.96. The Morgan fingerprint density at radius 2 is 0.469 bits per heavy atom. The molecule has 5 atom stereocenters. The van der Waals surface area contributed by atoms with E-state index in [0.717, 1.165) is 108 Å². The van der Waals surface area contributed by atoms with Gasteiger partial charge in [0.15, 0.2) is 12.2 Å². The van der Waals surface area contributed by atoms with E-state index in [-0.39, 0.29) is 25.7 Å². The number of carbonyl (C=O) groups excluding carboxylic acids is 4. The van der Waals surface area contributed by atoms with E-state index in [4.69, 9.17) is 37.0 Å². The molecule has 0 aliphatic carbocycles. The second-order valence-corrected chi connectivity index (χ2v) is 32.8. The van der Waals surface area contributed by atoms with Gasteiger partial charge in [0.05, 0.1) is 26.4 Å². The average Bonchev–Trinajstić information content (AvgIpc) is 0.983. The van der Waals surface area contributed by atoms with Crippen molar-refractivity contribution in [2.45, 2.75) is 426 Å². The first kappa shape index (κ1) is 96.1. The number of aliphatic hydroxyl groups excluding tert-OH is 1. The van der Waals surface area contributed by atoms with E-state index in [2.05, 4.69) is 48.5 Å². The van der Waals surface area contributed by atoms with Gasteiger partial charge in [0.25, 0.3) is 0 Å². The number of unbranched alkanes of at least 4 members (excludes halogenated alkanes) is 45. The normalized spacial score (nSPS) is 14.0. The van der Waals surface area contributed by atoms with Gasteiger partial charge in [0.2, 0.25) is 0 Å². The molecular weight excluding hydrogens is 1280 g/mol. The van der Waals surface area contributed by atoms with Crippen LogP contribution in [0, 0.1) is 17.8 Å². The molecule has 0 saturated carbocycles. The number of phosphoric ester groups is 2. The molecular formula is C79H154O17P2. The lowest BCUT2D eigenvalue weighted by Crippen LogP contribution is -2.30. The fraction of sp³-hybridized carbons (Fsp3) is 0.949. The van der Waals surface area contributed by atoms with Crippen LogP contribution < -0.4 is 0 Å². The predicted molar refractivity (Wildman–Crippen MR) is 400 cm³/mol. The van der Waals surface area contributed by atoms with Crippen LogP contribution in [0.1, 0.15) is 408 Å². The summed E-state index contributed by atoms with van der Waals surface area (Å²) < 4.78 is 68.6. The smallest absolute Gasteiger partial charge is 0.462 e. The molecule has 0 bridgehead atoms. The molecule has 2 unspecified atom stereocenters. The molecule has 0 rings (SSSR count). The Morgan fingerprint density at radius 3 is 0.694 bits per heavy atom. The van der Waals surface area contributed by atoms with E-state index in [1.165, 1.54) is 218 Å². The number of phosphoric acid groups is 2. The van der Waals surface area contributed by atoms with Crippen LogP contribution in [0.3, 0.4) is 0 Å². The number of carbonyl (C=O) groups is 4. The summed E-state index contributed by atoms with van der Waals surface area (Å²) in [5, 5.41) is 10.6. The molecule has 0 radical (unpaired) electrons. The van der Waals surface area contributed by atoms with Crippen molar-refractivity contribution in [3.05, 3.63) is 0 Å². The monoisotopic (exact) mass is 1440 g/mol. The van der Waals surface area contributed by atoms with Crippen LogP contribution in [-0.4, -0.2) is 96.7 Å². The van der Waals surface area contributed by atoms with Crippen LogP contribution in [0.25, 0.3) is 0 Å². The van der Waals surface area contributed by atoms with E-state index >= 15 is 0 Å². The van der Waals surface area contributed by atoms with Crippen LogP contribution in [0.5, 0.6) is 0 Å². The van der Waals surface area contributed by atoms with Crippen LogP contribution >= 0.6 is 15.6 Å². The Labute approximate surface area is 600 Å². The minimum Gasteiger partial charge on any atom is -0.462 e. The van der Waals surface area contributed by atoms with Gasteiger partial charge in [-0.2, -0.15) is 0 Å². The van der Waals surface area contributed by atoms with Gasteiger partial charge >= 0.3 is 39.5 Å². The molecule has 0 aliphatic rings. The molecule has 0 aromatic carbocycles. The summed E-state index contributed by atoms with van der Waals surface area (Å²) >= 11 is 0. The van der Waals surface area contributed by atoms with Gasteiger partial charge in [0.1, 0.15) is 19.3 Å². The third-order valence-corrected chi connectivity index (χ3v) is 20.3. The van der Waals surface area contributed by atoms with E-state index in [1.807, 2.05) is 0 Å². The first-order valence-electron chi connectivity index (χ1n) is 40.8. The fourth-order valence-corrected chi connectivity index (χ4v) is 13.7. The standard InChI is InChI=1S/C79H154O17P2/c1-8-9-10-11-12-13-14-15-16-17-21-24-27-30-39-46-53-60-76(81)89-66-74(95-78(83)62-55-48-41-31-28-25-22-19-18-20-23-26-29-36-43-50-57-70(2)3)68-93-97(85,86)91-64-73(80)65-92-98(87,88)94-69-75(96-79(84)63-56-49-42-35-33-38-45-52-59-72(6)7)67-90-77(82)61-54-47-40-34-32-37-44-51-58-71(4)5/h70-75,80H,8-69H2,1-7H3,(H,85,86)(H,87,88)/t73-,74-,75-/m1/s1. The number of ether oxygens (including phenoxy) is 4. The molecule has 0 fully saturated rings. The zero-order valence-electron chi connectivity index (χ0n) is 64.3. The van der Waals surface area contributed by atoms with Gasteiger partial charge in [-0.15, -0.1) is 0 Å². The zero-order chi connectivity index (χ0) is 72.3. The third-order valence-electron chi connectivity index (χ3n) is 18.4. The summed E-state index contributed by atoms with van der Waals surface area (Å²) in [6.45, 7) is 11.9. The Kier molecular flexibility index (Phi) is 68.1. The lowest BCUT2D eigenvalue weighted by molar-refractivity contribution is -0.161. The van der Waals surface area contributed by atoms with E-state index in [1.54, 1.807) is 0 Å². The van der Waals surface area contributed by atoms with Crippen LogP contribution in [0.4, 0.5) is 0 Å². The zero-order valence-corrected chi connectivity index (χ0v) is 66.0. The summed E-state index contributed by atoms with van der Waals surface area (Å²) in [4.78, 5) is 72.9. The van der Waals surface area contributed by atoms with Crippen molar-refractivity contribution >= 4 is 39.5 Å². The van der Waals surface area contributed by atoms with Crippen molar-refractivity contribution in [2.75, 3.05) is 39.6 Å². The SMILES string of the molecule is CCCCCCCCCCCCCCCCCCCC(=O)OC[C@H](COP(=O)(O)OC[C@@H](O)COP(=O)(O)OC[C@@H](COC(=O)CCCCCCCCCCC(C)C)OC(=O)CCCCCCCCCCC(C)C)OC(=O)CCCCCCCCCCCCCCCCCCC(C)C. The quantitative estimate of drug-likeness (QED) is 0.0222. The number of esters is 4. The highest BCUT2D eigenvalue weighted by molar-refractivity contribution is 7.47. The molecule has 98 heavy (non-hydrogen) atoms. The predicted octanol–water partition coefficient (Wildman–Crippen LogP) is 23.4. The molecule has 0 saturated heterocycles. The second kappa shape index (κ2) is 69.4. The van der Waals surface area contributed by atoms with Gasteiger partial charge in [0, 0.05) is 25.7 Å². The molecule has 0 aliphatic heterocycles. The highest BCUT2D eigenvalue weighted by Crippen LogP contribution is 2.45. The van der Waals surface area contributed by atoms with Crippen molar-refractivity contribution < 1.29 is 80.2 Å². The Hall–Kier alpha value is -1.94. The Bertz CT molecular complexity index is 1900. The van der Waals surface area contributed by atoms with Crippen molar-refractivity contribution in [3.63, 3.8) is 0 Å². The van der Waals surface area contributed by atoms with Gasteiger partial charge in [-0.05, 0) is 43.4 Å². The molecule has 0 aromatic heterocycles. The maximum Gasteiger partial charge on any atom is 0.472 e. The number of rotatable bonds is 77. The molecule has 17 nitrogen and oxygen atoms in total. The molecule has 0 amide bonds. The summed E-state index contributed by atoms with van der Waals surface area (Å²) in [5.41, 5.74) is 0. The maximum absolute atomic E-state index is 13.1. The molecule has 0 heterocycles. The number of hydrogen-bond donors (Lipinski definition) is 3. The third kappa shape index (κ3) is 72.4. The molecule has 0 spiro atoms. The van der Waals surface area contributed by atoms with Crippen molar-refractivity contribution in [1.29, 1.82) is 0 Å². The van der Waals surface area contributed by atoms with Crippen LogP contribution in [0.2, 0.25) is 0 Å². The lowest BCUT2D eigenvalue weighted by atomic mass is 10.0. The van der Waals surface area contributed by atoms with Crippen LogP contribution in [0.15, 0.2) is 0 Å². The van der Waals surface area contributed by atoms with E-state index in [9.17, 15) is 43.2 Å². The number of hydrogen-bond acceptors (Lipinski definition) is 15. The molecule has 0 aromatic rings. The summed E-state index contributed by atoms with van der Waals surface area (Å²) in [6, 6.07) is 0. The maximum atomic E-state index is 13.1. The highest BCUT2D eigenvalue weighted by Gasteiger charge is 2.30. The van der Waals surface area contributed by atoms with Crippen molar-refractivity contribution in [2.24, 2.45) is 17.8 Å². The second-order valence-electron chi connectivity index (χ2n) is 29.9. The molecule has 3 N–H and O–H groups in total. The van der Waals surface area contributed by atoms with Gasteiger partial charge in [-0.3, -0.25) is 37.3 Å². The largest absolute Gasteiger partial charge is 0.472 e. The minimum absolute atomic E-state index is 0.104. The molecule has 582 valence electrons. The van der Waals surface area contributed by atoms with E-state index in [0.29, 0.717) is 25.7 Å². The average molecular weight is 1440 g/mol. The summed E-state index contributed by atoms with van der Waals surface area (Å²) in [5.74, 6) is 0.138. The van der Waals surface area contributed by atoms with E-state index < -0.39 is 97.5 Å².